The zero-order valence-electron chi connectivity index (χ0n) is 31.9. The lowest BCUT2D eigenvalue weighted by Crippen LogP contribution is -2.61. The van der Waals surface area contributed by atoms with Crippen LogP contribution in [0.3, 0.4) is 0 Å². The summed E-state index contributed by atoms with van der Waals surface area (Å²) in [5, 5.41) is 10.6. The van der Waals surface area contributed by atoms with Crippen LogP contribution < -0.4 is 10.6 Å². The predicted octanol–water partition coefficient (Wildman–Crippen LogP) is 5.45. The first-order chi connectivity index (χ1) is 21.8. The minimum Gasteiger partial charge on any atom is -0.453 e. The smallest absolute Gasteiger partial charge is 0.336 e. The monoisotopic (exact) mass is 678 g/mol. The van der Waals surface area contributed by atoms with Crippen LogP contribution in [-0.4, -0.2) is 83.6 Å². The largest absolute Gasteiger partial charge is 0.453 e. The quantitative estimate of drug-likeness (QED) is 0.148. The van der Waals surface area contributed by atoms with Gasteiger partial charge < -0.3 is 20.1 Å². The molecule has 0 spiro atoms. The Morgan fingerprint density at radius 2 is 0.896 bits per heavy atom. The fraction of sp³-hybridized carbons (Fsp3) is 0.778. The Labute approximate surface area is 288 Å². The normalized spacial score (nSPS) is 21.3. The molecule has 0 saturated carbocycles. The van der Waals surface area contributed by atoms with Gasteiger partial charge in [0.25, 0.3) is 0 Å². The third-order valence-corrected chi connectivity index (χ3v) is 9.07. The van der Waals surface area contributed by atoms with Gasteiger partial charge in [0.1, 0.15) is 11.2 Å². The summed E-state index contributed by atoms with van der Waals surface area (Å²) >= 11 is 0. The standard InChI is InChI=1S/C36H62N4O8/c1-31(2)19-27(20-32(3,4)37-31)39(13)47-43-23-29(41)45-35(9,10)25-15-17-26(18-16-25)36(11,12)46-30(42)24-44-48-40(14)28-21-33(5,6)38-34(7,8)22-28/h15-18,27-28,37-38H,19-24H2,1-14H3. The van der Waals surface area contributed by atoms with Crippen molar-refractivity contribution >= 4 is 11.9 Å². The molecule has 12 nitrogen and oxygen atoms in total. The number of nitrogens with one attached hydrogen (secondary N) is 2. The first kappa shape index (κ1) is 40.3. The summed E-state index contributed by atoms with van der Waals surface area (Å²) < 4.78 is 11.5. The number of carbonyl (C=O) groups is 2. The minimum absolute atomic E-state index is 0.0533. The summed E-state index contributed by atoms with van der Waals surface area (Å²) in [6.45, 7) is 23.8. The highest BCUT2D eigenvalue weighted by Crippen LogP contribution is 2.33. The summed E-state index contributed by atoms with van der Waals surface area (Å²) in [4.78, 5) is 46.8. The zero-order valence-corrected chi connectivity index (χ0v) is 31.9. The second-order valence-corrected chi connectivity index (χ2v) is 17.2. The van der Waals surface area contributed by atoms with E-state index in [1.165, 1.54) is 0 Å². The van der Waals surface area contributed by atoms with Gasteiger partial charge in [-0.2, -0.15) is 10.1 Å². The van der Waals surface area contributed by atoms with E-state index in [0.717, 1.165) is 36.8 Å². The molecule has 2 aliphatic rings. The first-order valence-electron chi connectivity index (χ1n) is 17.0. The molecule has 2 saturated heterocycles. The number of nitrogens with zero attached hydrogens (tertiary/aromatic N) is 2. The summed E-state index contributed by atoms with van der Waals surface area (Å²) in [5.41, 5.74) is -0.559. The van der Waals surface area contributed by atoms with Crippen molar-refractivity contribution in [3.8, 4) is 0 Å². The summed E-state index contributed by atoms with van der Waals surface area (Å²) in [7, 11) is 3.63. The zero-order chi connectivity index (χ0) is 36.3. The van der Waals surface area contributed by atoms with Crippen molar-refractivity contribution in [2.75, 3.05) is 27.3 Å². The first-order valence-corrected chi connectivity index (χ1v) is 17.0. The van der Waals surface area contributed by atoms with Crippen LogP contribution in [0.1, 0.15) is 120 Å². The van der Waals surface area contributed by atoms with E-state index in [2.05, 4.69) is 66.0 Å². The molecule has 1 aromatic rings. The van der Waals surface area contributed by atoms with E-state index in [1.54, 1.807) is 37.8 Å². The third kappa shape index (κ3) is 12.0. The molecule has 3 rings (SSSR count). The molecule has 0 bridgehead atoms. The van der Waals surface area contributed by atoms with Crippen molar-refractivity contribution < 1.29 is 38.8 Å². The Kier molecular flexibility index (Phi) is 12.6. The molecule has 2 heterocycles. The molecule has 12 heteroatoms. The van der Waals surface area contributed by atoms with Crippen LogP contribution >= 0.6 is 0 Å². The molecule has 2 aliphatic heterocycles. The molecule has 48 heavy (non-hydrogen) atoms. The van der Waals surface area contributed by atoms with E-state index in [0.29, 0.717) is 0 Å². The molecule has 2 fully saturated rings. The number of esters is 2. The maximum absolute atomic E-state index is 12.7. The fourth-order valence-corrected chi connectivity index (χ4v) is 7.51. The number of ether oxygens (including phenoxy) is 2. The van der Waals surface area contributed by atoms with Gasteiger partial charge in [0.15, 0.2) is 13.2 Å². The van der Waals surface area contributed by atoms with Crippen LogP contribution in [0.2, 0.25) is 0 Å². The van der Waals surface area contributed by atoms with Gasteiger partial charge in [-0.25, -0.2) is 19.4 Å². The molecule has 0 aliphatic carbocycles. The highest BCUT2D eigenvalue weighted by molar-refractivity contribution is 5.71. The summed E-state index contributed by atoms with van der Waals surface area (Å²) in [6.07, 6.45) is 3.48. The SMILES string of the molecule is CN(OOCC(=O)OC(C)(C)c1ccc(C(C)(C)OC(=O)COON(C)C2CC(C)(C)NC(C)(C)C2)cc1)C1CC(C)(C)NC(C)(C)C1. The molecule has 0 radical (unpaired) electrons. The molecular formula is C36H62N4O8. The van der Waals surface area contributed by atoms with E-state index < -0.39 is 23.1 Å². The average Bonchev–Trinajstić information content (AvgIpc) is 2.89. The third-order valence-electron chi connectivity index (χ3n) is 9.07. The maximum Gasteiger partial charge on any atom is 0.336 e. The molecule has 0 atom stereocenters. The van der Waals surface area contributed by atoms with Crippen LogP contribution in [-0.2, 0) is 50.0 Å². The molecule has 0 amide bonds. The van der Waals surface area contributed by atoms with Crippen molar-refractivity contribution in [3.63, 3.8) is 0 Å². The highest BCUT2D eigenvalue weighted by atomic mass is 17.3. The van der Waals surface area contributed by atoms with E-state index in [1.807, 2.05) is 38.4 Å². The number of rotatable bonds is 14. The van der Waals surface area contributed by atoms with Gasteiger partial charge in [-0.1, -0.05) is 24.3 Å². The second-order valence-electron chi connectivity index (χ2n) is 17.2. The maximum atomic E-state index is 12.7. The van der Waals surface area contributed by atoms with E-state index in [-0.39, 0.29) is 47.5 Å². The van der Waals surface area contributed by atoms with Crippen molar-refractivity contribution in [1.82, 2.24) is 20.8 Å². The van der Waals surface area contributed by atoms with E-state index in [9.17, 15) is 9.59 Å². The predicted molar refractivity (Wildman–Crippen MR) is 183 cm³/mol. The Balaban J connectivity index is 1.45. The van der Waals surface area contributed by atoms with Gasteiger partial charge >= 0.3 is 11.9 Å². The highest BCUT2D eigenvalue weighted by Gasteiger charge is 2.41. The van der Waals surface area contributed by atoms with E-state index >= 15 is 0 Å². The number of hydroxylamine groups is 4. The summed E-state index contributed by atoms with van der Waals surface area (Å²) in [6, 6.07) is 7.64. The minimum atomic E-state index is -0.940. The molecule has 2 N–H and O–H groups in total. The van der Waals surface area contributed by atoms with Gasteiger partial charge in [-0.3, -0.25) is 0 Å². The number of benzene rings is 1. The topological polar surface area (TPSA) is 120 Å². The van der Waals surface area contributed by atoms with Crippen LogP contribution in [0.5, 0.6) is 0 Å². The van der Waals surface area contributed by atoms with Gasteiger partial charge in [-0.05, 0) is 120 Å². The lowest BCUT2D eigenvalue weighted by atomic mass is 9.79. The Hall–Kier alpha value is -2.16. The lowest BCUT2D eigenvalue weighted by Gasteiger charge is -2.48. The van der Waals surface area contributed by atoms with Crippen LogP contribution in [0.15, 0.2) is 24.3 Å². The Morgan fingerprint density at radius 1 is 0.625 bits per heavy atom. The van der Waals surface area contributed by atoms with Crippen LogP contribution in [0.4, 0.5) is 0 Å². The van der Waals surface area contributed by atoms with Crippen molar-refractivity contribution in [2.45, 2.75) is 154 Å². The molecule has 0 unspecified atom stereocenters. The number of hydrogen-bond acceptors (Lipinski definition) is 12. The number of carbonyl (C=O) groups excluding carboxylic acids is 2. The fourth-order valence-electron chi connectivity index (χ4n) is 7.51. The van der Waals surface area contributed by atoms with Gasteiger partial charge in [0.05, 0.1) is 0 Å². The van der Waals surface area contributed by atoms with Crippen molar-refractivity contribution in [2.24, 2.45) is 0 Å². The second kappa shape index (κ2) is 15.0. The molecule has 274 valence electrons. The summed E-state index contributed by atoms with van der Waals surface area (Å²) in [5.74, 6) is -1.11. The van der Waals surface area contributed by atoms with Gasteiger partial charge in [0.2, 0.25) is 0 Å². The lowest BCUT2D eigenvalue weighted by molar-refractivity contribution is -0.429. The van der Waals surface area contributed by atoms with Crippen molar-refractivity contribution in [1.29, 1.82) is 0 Å². The Bertz CT molecular complexity index is 1120. The van der Waals surface area contributed by atoms with Gasteiger partial charge in [-0.15, -0.1) is 9.98 Å². The van der Waals surface area contributed by atoms with Gasteiger partial charge in [0, 0.05) is 48.3 Å². The molecule has 1 aromatic carbocycles. The number of piperidine rings is 2. The number of hydrogen-bond donors (Lipinski definition) is 2. The van der Waals surface area contributed by atoms with E-state index in [4.69, 9.17) is 29.2 Å². The Morgan fingerprint density at radius 3 is 1.17 bits per heavy atom. The average molecular weight is 679 g/mol. The van der Waals surface area contributed by atoms with Crippen LogP contribution in [0, 0.1) is 0 Å². The van der Waals surface area contributed by atoms with Crippen molar-refractivity contribution in [3.05, 3.63) is 35.4 Å². The molecule has 0 aromatic heterocycles. The molecular weight excluding hydrogens is 616 g/mol. The van der Waals surface area contributed by atoms with Crippen LogP contribution in [0.25, 0.3) is 0 Å².